The molecule has 3 N–H and O–H groups in total. The van der Waals surface area contributed by atoms with Gasteiger partial charge in [0, 0.05) is 6.54 Å². The van der Waals surface area contributed by atoms with E-state index in [2.05, 4.69) is 10.4 Å². The first kappa shape index (κ1) is 13.0. The Morgan fingerprint density at radius 2 is 2.06 bits per heavy atom. The zero-order valence-corrected chi connectivity index (χ0v) is 10.4. The SMILES string of the molecule is CCCn1nc(C)c(N)c1NC1(C(F)(F)F)CC1. The minimum absolute atomic E-state index is 0.0896. The van der Waals surface area contributed by atoms with Crippen molar-refractivity contribution in [2.45, 2.75) is 51.4 Å². The highest BCUT2D eigenvalue weighted by Gasteiger charge is 2.64. The van der Waals surface area contributed by atoms with Gasteiger partial charge in [0.25, 0.3) is 0 Å². The van der Waals surface area contributed by atoms with Crippen LogP contribution in [0.1, 0.15) is 31.9 Å². The van der Waals surface area contributed by atoms with Crippen molar-refractivity contribution in [2.24, 2.45) is 0 Å². The van der Waals surface area contributed by atoms with Crippen LogP contribution in [0.4, 0.5) is 24.7 Å². The first-order valence-electron chi connectivity index (χ1n) is 5.98. The average molecular weight is 262 g/mol. The third kappa shape index (κ3) is 2.02. The number of hydrogen-bond donors (Lipinski definition) is 2. The van der Waals surface area contributed by atoms with Gasteiger partial charge in [0.15, 0.2) is 0 Å². The van der Waals surface area contributed by atoms with Crippen LogP contribution in [0.2, 0.25) is 0 Å². The molecule has 0 spiro atoms. The summed E-state index contributed by atoms with van der Waals surface area (Å²) in [7, 11) is 0. The van der Waals surface area contributed by atoms with Crippen molar-refractivity contribution in [1.82, 2.24) is 9.78 Å². The molecule has 0 aliphatic heterocycles. The van der Waals surface area contributed by atoms with Gasteiger partial charge < -0.3 is 11.1 Å². The number of halogens is 3. The molecule has 1 aromatic rings. The smallest absolute Gasteiger partial charge is 0.394 e. The van der Waals surface area contributed by atoms with Gasteiger partial charge in [0.1, 0.15) is 11.4 Å². The number of alkyl halides is 3. The Morgan fingerprint density at radius 1 is 1.44 bits per heavy atom. The molecular weight excluding hydrogens is 245 g/mol. The van der Waals surface area contributed by atoms with Crippen molar-refractivity contribution < 1.29 is 13.2 Å². The number of nitrogen functional groups attached to an aromatic ring is 1. The Morgan fingerprint density at radius 3 is 2.50 bits per heavy atom. The Hall–Kier alpha value is -1.40. The number of rotatable bonds is 4. The lowest BCUT2D eigenvalue weighted by Gasteiger charge is -2.22. The van der Waals surface area contributed by atoms with Gasteiger partial charge in [-0.25, -0.2) is 4.68 Å². The third-order valence-corrected chi connectivity index (χ3v) is 3.26. The number of nitrogens with zero attached hydrogens (tertiary/aromatic N) is 2. The molecule has 0 amide bonds. The number of hydrogen-bond acceptors (Lipinski definition) is 3. The molecule has 4 nitrogen and oxygen atoms in total. The predicted molar refractivity (Wildman–Crippen MR) is 63.3 cm³/mol. The second-order valence-corrected chi connectivity index (χ2v) is 4.78. The standard InChI is InChI=1S/C11H17F3N4/c1-3-6-18-9(8(15)7(2)17-18)16-10(4-5-10)11(12,13)14/h16H,3-6,15H2,1-2H3. The molecule has 0 atom stereocenters. The van der Waals surface area contributed by atoms with Gasteiger partial charge in [-0.1, -0.05) is 6.92 Å². The summed E-state index contributed by atoms with van der Waals surface area (Å²) in [4.78, 5) is 0. The van der Waals surface area contributed by atoms with Crippen molar-refractivity contribution in [3.63, 3.8) is 0 Å². The van der Waals surface area contributed by atoms with Crippen LogP contribution in [-0.2, 0) is 6.54 Å². The lowest BCUT2D eigenvalue weighted by atomic mass is 10.2. The molecule has 0 bridgehead atoms. The van der Waals surface area contributed by atoms with Gasteiger partial charge in [-0.3, -0.25) is 0 Å². The highest BCUT2D eigenvalue weighted by molar-refractivity contribution is 5.66. The summed E-state index contributed by atoms with van der Waals surface area (Å²) in [5.74, 6) is 0.296. The van der Waals surface area contributed by atoms with Crippen LogP contribution < -0.4 is 11.1 Å². The van der Waals surface area contributed by atoms with E-state index in [0.717, 1.165) is 6.42 Å². The fourth-order valence-electron chi connectivity index (χ4n) is 1.93. The maximum atomic E-state index is 12.9. The van der Waals surface area contributed by atoms with Crippen LogP contribution in [0.15, 0.2) is 0 Å². The fourth-order valence-corrected chi connectivity index (χ4v) is 1.93. The molecule has 0 saturated heterocycles. The van der Waals surface area contributed by atoms with Crippen molar-refractivity contribution in [1.29, 1.82) is 0 Å². The van der Waals surface area contributed by atoms with Crippen molar-refractivity contribution >= 4 is 11.5 Å². The summed E-state index contributed by atoms with van der Waals surface area (Å²) in [6, 6.07) is 0. The zero-order valence-electron chi connectivity index (χ0n) is 10.4. The number of nitrogens with one attached hydrogen (secondary N) is 1. The van der Waals surface area contributed by atoms with E-state index >= 15 is 0 Å². The lowest BCUT2D eigenvalue weighted by Crippen LogP contribution is -2.39. The van der Waals surface area contributed by atoms with E-state index in [-0.39, 0.29) is 12.8 Å². The van der Waals surface area contributed by atoms with Crippen LogP contribution in [0.5, 0.6) is 0 Å². The number of nitrogens with two attached hydrogens (primary N) is 1. The molecule has 0 aromatic carbocycles. The summed E-state index contributed by atoms with van der Waals surface area (Å²) in [5.41, 5.74) is 4.86. The zero-order chi connectivity index (χ0) is 13.6. The quantitative estimate of drug-likeness (QED) is 0.877. The molecule has 1 aromatic heterocycles. The van der Waals surface area contributed by atoms with E-state index in [1.807, 2.05) is 6.92 Å². The Balaban J connectivity index is 2.29. The summed E-state index contributed by atoms with van der Waals surface area (Å²) in [6.45, 7) is 4.18. The van der Waals surface area contributed by atoms with E-state index in [1.54, 1.807) is 6.92 Å². The summed E-state index contributed by atoms with van der Waals surface area (Å²) in [5, 5.41) is 6.72. The highest BCUT2D eigenvalue weighted by atomic mass is 19.4. The predicted octanol–water partition coefficient (Wildman–Crippen LogP) is 2.69. The molecule has 1 heterocycles. The molecule has 1 aliphatic carbocycles. The van der Waals surface area contributed by atoms with Crippen molar-refractivity contribution in [3.05, 3.63) is 5.69 Å². The first-order valence-corrected chi connectivity index (χ1v) is 5.98. The molecule has 0 unspecified atom stereocenters. The van der Waals surface area contributed by atoms with Gasteiger partial charge in [-0.2, -0.15) is 18.3 Å². The van der Waals surface area contributed by atoms with Crippen molar-refractivity contribution in [2.75, 3.05) is 11.1 Å². The Labute approximate surface area is 103 Å². The number of aromatic nitrogens is 2. The van der Waals surface area contributed by atoms with Crippen molar-refractivity contribution in [3.8, 4) is 0 Å². The third-order valence-electron chi connectivity index (χ3n) is 3.26. The van der Waals surface area contributed by atoms with Crippen LogP contribution in [-0.4, -0.2) is 21.5 Å². The van der Waals surface area contributed by atoms with Gasteiger partial charge >= 0.3 is 6.18 Å². The second kappa shape index (κ2) is 4.07. The maximum Gasteiger partial charge on any atom is 0.411 e. The summed E-state index contributed by atoms with van der Waals surface area (Å²) in [6.07, 6.45) is -3.29. The van der Waals surface area contributed by atoms with E-state index in [0.29, 0.717) is 23.7 Å². The molecule has 1 saturated carbocycles. The molecule has 1 fully saturated rings. The van der Waals surface area contributed by atoms with Gasteiger partial charge in [-0.05, 0) is 26.2 Å². The largest absolute Gasteiger partial charge is 0.411 e. The van der Waals surface area contributed by atoms with Crippen LogP contribution in [0, 0.1) is 6.92 Å². The fraction of sp³-hybridized carbons (Fsp3) is 0.727. The van der Waals surface area contributed by atoms with Gasteiger partial charge in [0.2, 0.25) is 0 Å². The second-order valence-electron chi connectivity index (χ2n) is 4.78. The minimum atomic E-state index is -4.26. The molecule has 102 valence electrons. The van der Waals surface area contributed by atoms with Gasteiger partial charge in [0.05, 0.1) is 11.4 Å². The summed E-state index contributed by atoms with van der Waals surface area (Å²) < 4.78 is 40.2. The van der Waals surface area contributed by atoms with Crippen LogP contribution in [0.3, 0.4) is 0 Å². The summed E-state index contributed by atoms with van der Waals surface area (Å²) >= 11 is 0. The van der Waals surface area contributed by atoms with Crippen LogP contribution >= 0.6 is 0 Å². The van der Waals surface area contributed by atoms with E-state index in [9.17, 15) is 13.2 Å². The topological polar surface area (TPSA) is 55.9 Å². The number of anilines is 2. The average Bonchev–Trinajstić information content (AvgIpc) is 2.99. The highest BCUT2D eigenvalue weighted by Crippen LogP contribution is 2.51. The first-order chi connectivity index (χ1) is 8.31. The Bertz CT molecular complexity index is 446. The molecule has 1 aliphatic rings. The molecule has 2 rings (SSSR count). The lowest BCUT2D eigenvalue weighted by molar-refractivity contribution is -0.151. The number of aryl methyl sites for hydroxylation is 2. The van der Waals surface area contributed by atoms with E-state index < -0.39 is 11.7 Å². The molecule has 7 heteroatoms. The van der Waals surface area contributed by atoms with Gasteiger partial charge in [-0.15, -0.1) is 0 Å². The monoisotopic (exact) mass is 262 g/mol. The van der Waals surface area contributed by atoms with Crippen LogP contribution in [0.25, 0.3) is 0 Å². The molecular formula is C11H17F3N4. The molecule has 18 heavy (non-hydrogen) atoms. The Kier molecular flexibility index (Phi) is 2.95. The van der Waals surface area contributed by atoms with E-state index in [1.165, 1.54) is 4.68 Å². The molecule has 0 radical (unpaired) electrons. The van der Waals surface area contributed by atoms with E-state index in [4.69, 9.17) is 5.73 Å². The normalized spacial score (nSPS) is 17.8. The minimum Gasteiger partial charge on any atom is -0.394 e. The maximum absolute atomic E-state index is 12.9.